The van der Waals surface area contributed by atoms with Crippen molar-refractivity contribution in [3.05, 3.63) is 35.4 Å². The zero-order chi connectivity index (χ0) is 14.5. The molecule has 0 saturated carbocycles. The number of aryl methyl sites for hydroxylation is 1. The number of rotatable bonds is 5. The van der Waals surface area contributed by atoms with Crippen LogP contribution in [0.25, 0.3) is 0 Å². The largest absolute Gasteiger partial charge is 0.395 e. The molecule has 0 amide bonds. The van der Waals surface area contributed by atoms with E-state index in [9.17, 15) is 4.79 Å². The Morgan fingerprint density at radius 3 is 2.35 bits per heavy atom. The number of ketones is 1. The van der Waals surface area contributed by atoms with Crippen molar-refractivity contribution in [3.63, 3.8) is 0 Å². The van der Waals surface area contributed by atoms with Gasteiger partial charge in [0, 0.05) is 38.3 Å². The maximum Gasteiger partial charge on any atom is 0.179 e. The minimum Gasteiger partial charge on any atom is -0.395 e. The fraction of sp³-hybridized carbons (Fsp3) is 0.562. The number of hydrogen-bond acceptors (Lipinski definition) is 4. The Hall–Kier alpha value is -1.23. The summed E-state index contributed by atoms with van der Waals surface area (Å²) >= 11 is 0. The number of nitrogens with zero attached hydrogens (tertiary/aromatic N) is 2. The second-order valence-electron chi connectivity index (χ2n) is 5.51. The van der Waals surface area contributed by atoms with Crippen molar-refractivity contribution >= 4 is 5.78 Å². The van der Waals surface area contributed by atoms with Crippen molar-refractivity contribution < 1.29 is 9.90 Å². The Balaban J connectivity index is 1.93. The van der Waals surface area contributed by atoms with Gasteiger partial charge >= 0.3 is 0 Å². The predicted octanol–water partition coefficient (Wildman–Crippen LogP) is 1.18. The molecule has 20 heavy (non-hydrogen) atoms. The molecule has 1 aromatic rings. The van der Waals surface area contributed by atoms with Crippen LogP contribution in [0.5, 0.6) is 0 Å². The number of carbonyl (C=O) groups excluding carboxylic acids is 1. The van der Waals surface area contributed by atoms with Crippen molar-refractivity contribution in [2.75, 3.05) is 39.3 Å². The average molecular weight is 276 g/mol. The molecule has 1 unspecified atom stereocenters. The third kappa shape index (κ3) is 3.66. The second kappa shape index (κ2) is 6.97. The summed E-state index contributed by atoms with van der Waals surface area (Å²) in [6.07, 6.45) is 0. The summed E-state index contributed by atoms with van der Waals surface area (Å²) in [5, 5.41) is 8.94. The monoisotopic (exact) mass is 276 g/mol. The Labute approximate surface area is 121 Å². The molecular weight excluding hydrogens is 252 g/mol. The van der Waals surface area contributed by atoms with E-state index in [1.54, 1.807) is 0 Å². The first kappa shape index (κ1) is 15.2. The first-order valence-electron chi connectivity index (χ1n) is 7.30. The molecule has 1 fully saturated rings. The van der Waals surface area contributed by atoms with E-state index >= 15 is 0 Å². The van der Waals surface area contributed by atoms with Gasteiger partial charge in [0.05, 0.1) is 12.6 Å². The number of benzene rings is 1. The molecule has 0 aliphatic carbocycles. The molecule has 1 atom stereocenters. The Bertz CT molecular complexity index is 436. The van der Waals surface area contributed by atoms with Gasteiger partial charge in [0.15, 0.2) is 5.78 Å². The molecule has 1 saturated heterocycles. The van der Waals surface area contributed by atoms with Gasteiger partial charge < -0.3 is 5.11 Å². The molecule has 0 radical (unpaired) electrons. The topological polar surface area (TPSA) is 43.8 Å². The Morgan fingerprint density at radius 1 is 1.20 bits per heavy atom. The van der Waals surface area contributed by atoms with Crippen LogP contribution >= 0.6 is 0 Å². The summed E-state index contributed by atoms with van der Waals surface area (Å²) in [6.45, 7) is 8.57. The van der Waals surface area contributed by atoms with Gasteiger partial charge in [0.25, 0.3) is 0 Å². The third-order valence-electron chi connectivity index (χ3n) is 4.09. The summed E-state index contributed by atoms with van der Waals surface area (Å²) in [4.78, 5) is 16.9. The molecule has 4 nitrogen and oxygen atoms in total. The van der Waals surface area contributed by atoms with Crippen LogP contribution in [0.3, 0.4) is 0 Å². The lowest BCUT2D eigenvalue weighted by atomic mass is 10.0. The molecule has 0 spiro atoms. The van der Waals surface area contributed by atoms with Crippen LogP contribution in [-0.4, -0.2) is 66.1 Å². The standard InChI is InChI=1S/C16H24N2O2/c1-13-3-5-15(6-4-13)16(20)14(2)18-9-7-17(8-10-18)11-12-19/h3-6,14,19H,7-12H2,1-2H3. The fourth-order valence-corrected chi connectivity index (χ4v) is 2.64. The Kier molecular flexibility index (Phi) is 5.29. The molecule has 4 heteroatoms. The zero-order valence-electron chi connectivity index (χ0n) is 12.4. The van der Waals surface area contributed by atoms with Crippen LogP contribution in [0, 0.1) is 6.92 Å². The van der Waals surface area contributed by atoms with E-state index in [-0.39, 0.29) is 18.4 Å². The van der Waals surface area contributed by atoms with E-state index in [0.717, 1.165) is 38.3 Å². The number of aliphatic hydroxyl groups is 1. The van der Waals surface area contributed by atoms with Crippen molar-refractivity contribution in [1.82, 2.24) is 9.80 Å². The van der Waals surface area contributed by atoms with Gasteiger partial charge in [0.2, 0.25) is 0 Å². The number of aliphatic hydroxyl groups excluding tert-OH is 1. The van der Waals surface area contributed by atoms with Crippen LogP contribution in [0.15, 0.2) is 24.3 Å². The third-order valence-corrected chi connectivity index (χ3v) is 4.09. The summed E-state index contributed by atoms with van der Waals surface area (Å²) in [5.41, 5.74) is 1.97. The molecule has 0 bridgehead atoms. The quantitative estimate of drug-likeness (QED) is 0.820. The maximum absolute atomic E-state index is 12.5. The fourth-order valence-electron chi connectivity index (χ4n) is 2.64. The highest BCUT2D eigenvalue weighted by molar-refractivity contribution is 5.99. The molecule has 2 rings (SSSR count). The number of hydrogen-bond donors (Lipinski definition) is 1. The van der Waals surface area contributed by atoms with Crippen molar-refractivity contribution in [1.29, 1.82) is 0 Å². The lowest BCUT2D eigenvalue weighted by Crippen LogP contribution is -2.52. The van der Waals surface area contributed by atoms with E-state index in [2.05, 4.69) is 9.80 Å². The van der Waals surface area contributed by atoms with Gasteiger partial charge in [-0.25, -0.2) is 0 Å². The molecule has 1 aromatic carbocycles. The number of carbonyl (C=O) groups is 1. The van der Waals surface area contributed by atoms with E-state index in [0.29, 0.717) is 0 Å². The van der Waals surface area contributed by atoms with Crippen molar-refractivity contribution in [2.45, 2.75) is 19.9 Å². The van der Waals surface area contributed by atoms with Crippen molar-refractivity contribution in [3.8, 4) is 0 Å². The molecule has 1 aliphatic heterocycles. The summed E-state index contributed by atoms with van der Waals surface area (Å²) < 4.78 is 0. The molecular formula is C16H24N2O2. The minimum atomic E-state index is -0.0750. The predicted molar refractivity (Wildman–Crippen MR) is 80.1 cm³/mol. The van der Waals surface area contributed by atoms with E-state index in [1.807, 2.05) is 38.1 Å². The van der Waals surface area contributed by atoms with Crippen LogP contribution in [0.1, 0.15) is 22.8 Å². The summed E-state index contributed by atoms with van der Waals surface area (Å²) in [5.74, 6) is 0.195. The van der Waals surface area contributed by atoms with E-state index in [4.69, 9.17) is 5.11 Å². The van der Waals surface area contributed by atoms with Crippen LogP contribution < -0.4 is 0 Å². The number of β-amino-alcohol motifs (C(OH)–C–C–N with tert-alkyl or cyclic N) is 1. The zero-order valence-corrected chi connectivity index (χ0v) is 12.4. The average Bonchev–Trinajstić information content (AvgIpc) is 2.48. The maximum atomic E-state index is 12.5. The first-order chi connectivity index (χ1) is 9.61. The van der Waals surface area contributed by atoms with Crippen LogP contribution in [-0.2, 0) is 0 Å². The summed E-state index contributed by atoms with van der Waals surface area (Å²) in [6, 6.07) is 7.72. The SMILES string of the molecule is Cc1ccc(C(=O)C(C)N2CCN(CCO)CC2)cc1. The highest BCUT2D eigenvalue weighted by atomic mass is 16.3. The van der Waals surface area contributed by atoms with Crippen LogP contribution in [0.2, 0.25) is 0 Å². The number of piperazine rings is 1. The second-order valence-corrected chi connectivity index (χ2v) is 5.51. The van der Waals surface area contributed by atoms with Gasteiger partial charge in [-0.3, -0.25) is 14.6 Å². The van der Waals surface area contributed by atoms with E-state index in [1.165, 1.54) is 5.56 Å². The molecule has 110 valence electrons. The summed E-state index contributed by atoms with van der Waals surface area (Å²) in [7, 11) is 0. The normalized spacial score (nSPS) is 18.9. The van der Waals surface area contributed by atoms with Gasteiger partial charge in [-0.15, -0.1) is 0 Å². The number of Topliss-reactive ketones (excluding diaryl/α,β-unsaturated/α-hetero) is 1. The highest BCUT2D eigenvalue weighted by Gasteiger charge is 2.25. The lowest BCUT2D eigenvalue weighted by Gasteiger charge is -2.37. The molecule has 0 aromatic heterocycles. The lowest BCUT2D eigenvalue weighted by molar-refractivity contribution is 0.0663. The Morgan fingerprint density at radius 2 is 1.80 bits per heavy atom. The first-order valence-corrected chi connectivity index (χ1v) is 7.30. The van der Waals surface area contributed by atoms with Gasteiger partial charge in [-0.2, -0.15) is 0 Å². The molecule has 1 N–H and O–H groups in total. The van der Waals surface area contributed by atoms with Gasteiger partial charge in [-0.1, -0.05) is 29.8 Å². The smallest absolute Gasteiger partial charge is 0.179 e. The van der Waals surface area contributed by atoms with Crippen molar-refractivity contribution in [2.24, 2.45) is 0 Å². The molecule has 1 aliphatic rings. The minimum absolute atomic E-state index is 0.0750. The van der Waals surface area contributed by atoms with Gasteiger partial charge in [0.1, 0.15) is 0 Å². The van der Waals surface area contributed by atoms with Gasteiger partial charge in [-0.05, 0) is 13.8 Å². The van der Waals surface area contributed by atoms with Crippen LogP contribution in [0.4, 0.5) is 0 Å². The molecule has 1 heterocycles. The highest BCUT2D eigenvalue weighted by Crippen LogP contribution is 2.12. The van der Waals surface area contributed by atoms with E-state index < -0.39 is 0 Å².